The van der Waals surface area contributed by atoms with Crippen LogP contribution in [-0.2, 0) is 4.79 Å². The minimum atomic E-state index is -0.704. The third-order valence-electron chi connectivity index (χ3n) is 5.76. The number of amides is 2. The van der Waals surface area contributed by atoms with Gasteiger partial charge >= 0.3 is 0 Å². The zero-order valence-corrected chi connectivity index (χ0v) is 19.3. The molecule has 2 atom stereocenters. The number of fused-ring (bicyclic) bond motifs is 1. The second-order valence-corrected chi connectivity index (χ2v) is 8.13. The molecule has 34 heavy (non-hydrogen) atoms. The molecule has 5 nitrogen and oxygen atoms in total. The molecule has 0 bridgehead atoms. The second-order valence-electron chi connectivity index (χ2n) is 8.13. The highest BCUT2D eigenvalue weighted by Gasteiger charge is 2.22. The zero-order chi connectivity index (χ0) is 23.9. The fourth-order valence-corrected chi connectivity index (χ4v) is 3.88. The minimum Gasteiger partial charge on any atom is -0.480 e. The van der Waals surface area contributed by atoms with Crippen molar-refractivity contribution in [2.45, 2.75) is 32.4 Å². The van der Waals surface area contributed by atoms with Crippen molar-refractivity contribution in [2.24, 2.45) is 0 Å². The molecule has 0 heterocycles. The van der Waals surface area contributed by atoms with Crippen molar-refractivity contribution in [3.05, 3.63) is 108 Å². The summed E-state index contributed by atoms with van der Waals surface area (Å²) in [5.74, 6) is 0.102. The molecule has 172 valence electrons. The number of para-hydroxylation sites is 1. The van der Waals surface area contributed by atoms with Gasteiger partial charge in [0.05, 0.1) is 17.3 Å². The summed E-state index contributed by atoms with van der Waals surface area (Å²) < 4.78 is 6.12. The molecule has 4 rings (SSSR count). The Morgan fingerprint density at radius 1 is 0.824 bits per heavy atom. The predicted octanol–water partition coefficient (Wildman–Crippen LogP) is 6.13. The van der Waals surface area contributed by atoms with Crippen LogP contribution in [0.3, 0.4) is 0 Å². The van der Waals surface area contributed by atoms with Crippen LogP contribution in [0.4, 0.5) is 5.69 Å². The molecule has 2 N–H and O–H groups in total. The van der Waals surface area contributed by atoms with Gasteiger partial charge in [0, 0.05) is 5.39 Å². The number of benzene rings is 4. The minimum absolute atomic E-state index is 0.171. The molecule has 2 amide bonds. The van der Waals surface area contributed by atoms with Crippen LogP contribution < -0.4 is 15.4 Å². The van der Waals surface area contributed by atoms with Crippen molar-refractivity contribution in [3.8, 4) is 5.75 Å². The Bertz CT molecular complexity index is 1280. The summed E-state index contributed by atoms with van der Waals surface area (Å²) in [5, 5.41) is 7.90. The molecule has 0 unspecified atom stereocenters. The first-order valence-corrected chi connectivity index (χ1v) is 11.5. The van der Waals surface area contributed by atoms with E-state index in [0.717, 1.165) is 16.3 Å². The van der Waals surface area contributed by atoms with Gasteiger partial charge in [0.25, 0.3) is 11.8 Å². The maximum atomic E-state index is 13.1. The molecule has 0 fully saturated rings. The first-order valence-electron chi connectivity index (χ1n) is 11.5. The van der Waals surface area contributed by atoms with Crippen LogP contribution in [0.15, 0.2) is 97.1 Å². The Morgan fingerprint density at radius 3 is 2.29 bits per heavy atom. The number of hydrogen-bond donors (Lipinski definition) is 2. The smallest absolute Gasteiger partial charge is 0.265 e. The molecule has 0 radical (unpaired) electrons. The van der Waals surface area contributed by atoms with E-state index in [1.807, 2.05) is 86.6 Å². The van der Waals surface area contributed by atoms with Crippen LogP contribution in [0.1, 0.15) is 42.2 Å². The molecule has 0 saturated carbocycles. The van der Waals surface area contributed by atoms with Gasteiger partial charge in [0.1, 0.15) is 5.75 Å². The Balaban J connectivity index is 1.49. The number of carbonyl (C=O) groups excluding carboxylic acids is 2. The average Bonchev–Trinajstić information content (AvgIpc) is 2.88. The monoisotopic (exact) mass is 452 g/mol. The standard InChI is InChI=1S/C29H28N2O3/c1-3-26(34-27-19-11-15-22-14-7-8-16-23(22)27)29(33)31-25-18-10-9-17-24(25)28(32)30-20(2)21-12-5-4-6-13-21/h4-20,26H,3H2,1-2H3,(H,30,32)(H,31,33)/t20-,26+/m1/s1. The van der Waals surface area contributed by atoms with E-state index in [-0.39, 0.29) is 17.9 Å². The summed E-state index contributed by atoms with van der Waals surface area (Å²) in [6.07, 6.45) is -0.223. The van der Waals surface area contributed by atoms with Crippen LogP contribution in [0.5, 0.6) is 5.75 Å². The van der Waals surface area contributed by atoms with Crippen LogP contribution in [0.25, 0.3) is 10.8 Å². The Hall–Kier alpha value is -4.12. The van der Waals surface area contributed by atoms with Crippen molar-refractivity contribution in [3.63, 3.8) is 0 Å². The third-order valence-corrected chi connectivity index (χ3v) is 5.76. The molecule has 4 aromatic carbocycles. The zero-order valence-electron chi connectivity index (χ0n) is 19.3. The molecule has 0 aliphatic carbocycles. The lowest BCUT2D eigenvalue weighted by molar-refractivity contribution is -0.122. The van der Waals surface area contributed by atoms with Crippen molar-refractivity contribution >= 4 is 28.3 Å². The number of anilines is 1. The maximum absolute atomic E-state index is 13.1. The van der Waals surface area contributed by atoms with Gasteiger partial charge in [-0.2, -0.15) is 0 Å². The topological polar surface area (TPSA) is 67.4 Å². The Kier molecular flexibility index (Phi) is 7.23. The summed E-state index contributed by atoms with van der Waals surface area (Å²) >= 11 is 0. The van der Waals surface area contributed by atoms with E-state index < -0.39 is 6.10 Å². The first-order chi connectivity index (χ1) is 16.6. The maximum Gasteiger partial charge on any atom is 0.265 e. The highest BCUT2D eigenvalue weighted by molar-refractivity contribution is 6.05. The first kappa shape index (κ1) is 23.1. The molecule has 0 spiro atoms. The van der Waals surface area contributed by atoms with E-state index in [1.54, 1.807) is 24.3 Å². The molecule has 0 aliphatic rings. The second kappa shape index (κ2) is 10.7. The van der Waals surface area contributed by atoms with Gasteiger partial charge in [-0.05, 0) is 42.5 Å². The lowest BCUT2D eigenvalue weighted by Crippen LogP contribution is -2.34. The number of nitrogens with one attached hydrogen (secondary N) is 2. The van der Waals surface area contributed by atoms with Crippen LogP contribution >= 0.6 is 0 Å². The SMILES string of the molecule is CC[C@H](Oc1cccc2ccccc12)C(=O)Nc1ccccc1C(=O)N[C@H](C)c1ccccc1. The largest absolute Gasteiger partial charge is 0.480 e. The molecule has 0 aliphatic heterocycles. The van der Waals surface area contributed by atoms with Crippen molar-refractivity contribution in [1.29, 1.82) is 0 Å². The van der Waals surface area contributed by atoms with E-state index >= 15 is 0 Å². The van der Waals surface area contributed by atoms with Crippen molar-refractivity contribution < 1.29 is 14.3 Å². The third kappa shape index (κ3) is 5.26. The van der Waals surface area contributed by atoms with Gasteiger partial charge in [-0.1, -0.05) is 85.8 Å². The summed E-state index contributed by atoms with van der Waals surface area (Å²) in [6, 6.07) is 30.3. The van der Waals surface area contributed by atoms with Gasteiger partial charge < -0.3 is 15.4 Å². The fourth-order valence-electron chi connectivity index (χ4n) is 3.88. The Morgan fingerprint density at radius 2 is 1.50 bits per heavy atom. The van der Waals surface area contributed by atoms with Crippen LogP contribution in [0.2, 0.25) is 0 Å². The number of rotatable bonds is 8. The Labute approximate surface area is 199 Å². The molecular formula is C29H28N2O3. The summed E-state index contributed by atoms with van der Waals surface area (Å²) in [7, 11) is 0. The molecule has 5 heteroatoms. The van der Waals surface area contributed by atoms with E-state index in [2.05, 4.69) is 10.6 Å². The highest BCUT2D eigenvalue weighted by Crippen LogP contribution is 2.27. The van der Waals surface area contributed by atoms with Gasteiger partial charge in [-0.25, -0.2) is 0 Å². The van der Waals surface area contributed by atoms with Gasteiger partial charge in [0.15, 0.2) is 6.10 Å². The highest BCUT2D eigenvalue weighted by atomic mass is 16.5. The molecule has 0 aromatic heterocycles. The lowest BCUT2D eigenvalue weighted by atomic mass is 10.1. The number of hydrogen-bond acceptors (Lipinski definition) is 3. The van der Waals surface area contributed by atoms with Crippen molar-refractivity contribution in [2.75, 3.05) is 5.32 Å². The van der Waals surface area contributed by atoms with Gasteiger partial charge in [-0.15, -0.1) is 0 Å². The normalized spacial score (nSPS) is 12.5. The summed E-state index contributed by atoms with van der Waals surface area (Å²) in [6.45, 7) is 3.83. The summed E-state index contributed by atoms with van der Waals surface area (Å²) in [4.78, 5) is 26.1. The fraction of sp³-hybridized carbons (Fsp3) is 0.172. The van der Waals surface area contributed by atoms with Crippen molar-refractivity contribution in [1.82, 2.24) is 5.32 Å². The van der Waals surface area contributed by atoms with Gasteiger partial charge in [0.2, 0.25) is 0 Å². The summed E-state index contributed by atoms with van der Waals surface area (Å²) in [5.41, 5.74) is 1.86. The van der Waals surface area contributed by atoms with Crippen LogP contribution in [0, 0.1) is 0 Å². The number of carbonyl (C=O) groups is 2. The quantitative estimate of drug-likeness (QED) is 0.338. The van der Waals surface area contributed by atoms with E-state index in [9.17, 15) is 9.59 Å². The van der Waals surface area contributed by atoms with E-state index in [4.69, 9.17) is 4.74 Å². The van der Waals surface area contributed by atoms with Crippen LogP contribution in [-0.4, -0.2) is 17.9 Å². The van der Waals surface area contributed by atoms with E-state index in [0.29, 0.717) is 23.4 Å². The molecule has 0 saturated heterocycles. The predicted molar refractivity (Wildman–Crippen MR) is 136 cm³/mol. The van der Waals surface area contributed by atoms with Gasteiger partial charge in [-0.3, -0.25) is 9.59 Å². The lowest BCUT2D eigenvalue weighted by Gasteiger charge is -2.20. The number of ether oxygens (including phenoxy) is 1. The molecule has 4 aromatic rings. The molecular weight excluding hydrogens is 424 g/mol. The average molecular weight is 453 g/mol. The van der Waals surface area contributed by atoms with E-state index in [1.165, 1.54) is 0 Å².